The van der Waals surface area contributed by atoms with Crippen molar-refractivity contribution in [1.82, 2.24) is 0 Å². The third kappa shape index (κ3) is 5.51. The third-order valence-electron chi connectivity index (χ3n) is 11.9. The fourth-order valence-corrected chi connectivity index (χ4v) is 9.42. The lowest BCUT2D eigenvalue weighted by atomic mass is 9.95. The lowest BCUT2D eigenvalue weighted by molar-refractivity contribution is 0.157. The minimum atomic E-state index is -0.460. The van der Waals surface area contributed by atoms with Gasteiger partial charge in [0, 0.05) is 47.7 Å². The van der Waals surface area contributed by atoms with Gasteiger partial charge in [-0.3, -0.25) is 10.6 Å². The van der Waals surface area contributed by atoms with Crippen LogP contribution >= 0.6 is 0 Å². The van der Waals surface area contributed by atoms with Crippen molar-refractivity contribution in [3.63, 3.8) is 0 Å². The molecule has 2 aliphatic heterocycles. The van der Waals surface area contributed by atoms with Crippen molar-refractivity contribution in [2.75, 3.05) is 40.3 Å². The molecule has 6 aromatic carbocycles. The van der Waals surface area contributed by atoms with Crippen molar-refractivity contribution in [2.24, 2.45) is 0 Å². The molecule has 0 radical (unpaired) electrons. The summed E-state index contributed by atoms with van der Waals surface area (Å²) in [6, 6.07) is 41.5. The number of carbonyl (C=O) groups excluding carboxylic acids is 2. The van der Waals surface area contributed by atoms with Crippen molar-refractivity contribution < 1.29 is 19.1 Å². The first-order valence-corrected chi connectivity index (χ1v) is 18.9. The molecule has 272 valence electrons. The van der Waals surface area contributed by atoms with Gasteiger partial charge in [-0.1, -0.05) is 109 Å². The number of benzene rings is 6. The van der Waals surface area contributed by atoms with Gasteiger partial charge in [-0.15, -0.1) is 0 Å². The molecular formula is C47H40N4O4. The summed E-state index contributed by atoms with van der Waals surface area (Å²) >= 11 is 0. The Morgan fingerprint density at radius 1 is 0.527 bits per heavy atom. The summed E-state index contributed by atoms with van der Waals surface area (Å²) in [7, 11) is 0. The van der Waals surface area contributed by atoms with Gasteiger partial charge in [0.2, 0.25) is 0 Å². The molecule has 0 fully saturated rings. The van der Waals surface area contributed by atoms with E-state index in [4.69, 9.17) is 9.47 Å². The van der Waals surface area contributed by atoms with E-state index >= 15 is 0 Å². The topological polar surface area (TPSA) is 83.1 Å². The minimum Gasteiger partial charge on any atom is -0.448 e. The van der Waals surface area contributed by atoms with E-state index in [0.717, 1.165) is 33.9 Å². The molecule has 4 aliphatic rings. The van der Waals surface area contributed by atoms with Crippen LogP contribution in [0.25, 0.3) is 22.3 Å². The van der Waals surface area contributed by atoms with Crippen LogP contribution in [0, 0.1) is 13.8 Å². The van der Waals surface area contributed by atoms with Gasteiger partial charge in [0.1, 0.15) is 13.2 Å². The van der Waals surface area contributed by atoms with E-state index in [2.05, 4.69) is 119 Å². The highest BCUT2D eigenvalue weighted by Gasteiger charge is 2.34. The average molecular weight is 725 g/mol. The second-order valence-electron chi connectivity index (χ2n) is 14.9. The zero-order valence-electron chi connectivity index (χ0n) is 30.8. The normalized spacial score (nSPS) is 14.6. The van der Waals surface area contributed by atoms with Crippen molar-refractivity contribution >= 4 is 34.9 Å². The van der Waals surface area contributed by atoms with E-state index in [0.29, 0.717) is 19.8 Å². The Bertz CT molecular complexity index is 2280. The van der Waals surface area contributed by atoms with Crippen molar-refractivity contribution in [1.29, 1.82) is 0 Å². The summed E-state index contributed by atoms with van der Waals surface area (Å²) in [5, 5.41) is 6.09. The Labute approximate surface area is 320 Å². The monoisotopic (exact) mass is 724 g/mol. The standard InChI is InChI=1S/C47H40N4O4/c1-28-42(48-46(52)54-25-40-36-15-7-3-11-32(36)33-12-4-8-16-37(33)40)21-19-30-23-51-27-50(44(28)30)24-31-20-22-43(29(2)45(31)51)49-47(53)55-26-41-38-17-9-5-13-34(38)35-14-6-10-18-39(35)41/h3-22,40-41H,23-27H2,1-2H3,(H,48,52)(H,49,53). The number of nitrogens with zero attached hydrogens (tertiary/aromatic N) is 2. The second-order valence-corrected chi connectivity index (χ2v) is 14.9. The summed E-state index contributed by atoms with van der Waals surface area (Å²) in [5.74, 6) is 0.000498. The SMILES string of the molecule is Cc1c(NC(=O)OCC2c3ccccc3-c3ccccc32)ccc2c1N1Cc3ccc(NC(=O)OCC4c5ccccc5-c5ccccc54)c(C)c3N(C2)C1. The Balaban J connectivity index is 0.811. The van der Waals surface area contributed by atoms with Crippen LogP contribution in [-0.4, -0.2) is 32.1 Å². The number of fused-ring (bicyclic) bond motifs is 12. The van der Waals surface area contributed by atoms with E-state index in [1.165, 1.54) is 55.6 Å². The minimum absolute atomic E-state index is 0.000249. The zero-order chi connectivity index (χ0) is 37.2. The van der Waals surface area contributed by atoms with Crippen LogP contribution in [0.1, 0.15) is 56.3 Å². The van der Waals surface area contributed by atoms with Gasteiger partial charge < -0.3 is 19.3 Å². The molecule has 0 saturated carbocycles. The number of carbonyl (C=O) groups is 2. The molecule has 0 spiro atoms. The van der Waals surface area contributed by atoms with Gasteiger partial charge in [-0.2, -0.15) is 0 Å². The van der Waals surface area contributed by atoms with E-state index in [1.807, 2.05) is 36.4 Å². The Hall–Kier alpha value is -6.54. The van der Waals surface area contributed by atoms with E-state index in [9.17, 15) is 9.59 Å². The Morgan fingerprint density at radius 2 is 0.873 bits per heavy atom. The highest BCUT2D eigenvalue weighted by Crippen LogP contribution is 2.47. The molecule has 0 atom stereocenters. The number of anilines is 4. The van der Waals surface area contributed by atoms with Crippen LogP contribution < -0.4 is 20.4 Å². The maximum Gasteiger partial charge on any atom is 0.411 e. The summed E-state index contributed by atoms with van der Waals surface area (Å²) in [5.41, 5.74) is 17.7. The van der Waals surface area contributed by atoms with Crippen molar-refractivity contribution in [3.8, 4) is 22.3 Å². The number of ether oxygens (including phenoxy) is 2. The molecule has 8 heteroatoms. The van der Waals surface area contributed by atoms with Gasteiger partial charge in [0.25, 0.3) is 0 Å². The molecule has 8 nitrogen and oxygen atoms in total. The van der Waals surface area contributed by atoms with Crippen molar-refractivity contribution in [3.05, 3.63) is 166 Å². The first kappa shape index (κ1) is 33.1. The lowest BCUT2D eigenvalue weighted by Gasteiger charge is -2.46. The molecule has 6 aromatic rings. The Morgan fingerprint density at radius 3 is 1.24 bits per heavy atom. The summed E-state index contributed by atoms with van der Waals surface area (Å²) in [6.45, 7) is 6.77. The zero-order valence-corrected chi connectivity index (χ0v) is 30.8. The molecule has 2 aliphatic carbocycles. The van der Waals surface area contributed by atoms with Crippen LogP contribution in [0.15, 0.2) is 121 Å². The Kier molecular flexibility index (Phi) is 7.87. The number of amides is 2. The van der Waals surface area contributed by atoms with Crippen LogP contribution in [0.2, 0.25) is 0 Å². The van der Waals surface area contributed by atoms with Gasteiger partial charge in [0.05, 0.1) is 6.67 Å². The smallest absolute Gasteiger partial charge is 0.411 e. The van der Waals surface area contributed by atoms with Gasteiger partial charge in [-0.25, -0.2) is 9.59 Å². The predicted octanol–water partition coefficient (Wildman–Crippen LogP) is 10.3. The molecular weight excluding hydrogens is 685 g/mol. The average Bonchev–Trinajstić information content (AvgIpc) is 3.70. The molecule has 10 rings (SSSR count). The highest BCUT2D eigenvalue weighted by atomic mass is 16.6. The molecule has 2 heterocycles. The molecule has 2 amide bonds. The summed E-state index contributed by atoms with van der Waals surface area (Å²) in [4.78, 5) is 31.2. The fourth-order valence-electron chi connectivity index (χ4n) is 9.42. The largest absolute Gasteiger partial charge is 0.448 e. The molecule has 0 saturated heterocycles. The van der Waals surface area contributed by atoms with Gasteiger partial charge in [0.15, 0.2) is 0 Å². The van der Waals surface area contributed by atoms with E-state index in [-0.39, 0.29) is 25.0 Å². The summed E-state index contributed by atoms with van der Waals surface area (Å²) < 4.78 is 11.8. The van der Waals surface area contributed by atoms with Gasteiger partial charge in [-0.05, 0) is 92.7 Å². The fraction of sp³-hybridized carbons (Fsp3) is 0.191. The predicted molar refractivity (Wildman–Crippen MR) is 217 cm³/mol. The number of rotatable bonds is 6. The van der Waals surface area contributed by atoms with Gasteiger partial charge >= 0.3 is 12.2 Å². The van der Waals surface area contributed by atoms with Crippen molar-refractivity contribution in [2.45, 2.75) is 38.8 Å². The van der Waals surface area contributed by atoms with Crippen LogP contribution in [0.3, 0.4) is 0 Å². The highest BCUT2D eigenvalue weighted by molar-refractivity contribution is 5.91. The third-order valence-corrected chi connectivity index (χ3v) is 11.9. The van der Waals surface area contributed by atoms with Crippen LogP contribution in [0.4, 0.5) is 32.3 Å². The molecule has 2 N–H and O–H groups in total. The van der Waals surface area contributed by atoms with E-state index < -0.39 is 12.2 Å². The van der Waals surface area contributed by atoms with Crippen LogP contribution in [-0.2, 0) is 22.6 Å². The molecule has 0 unspecified atom stereocenters. The first-order valence-electron chi connectivity index (χ1n) is 18.9. The molecule has 55 heavy (non-hydrogen) atoms. The van der Waals surface area contributed by atoms with E-state index in [1.54, 1.807) is 0 Å². The number of hydrogen-bond acceptors (Lipinski definition) is 6. The quantitative estimate of drug-likeness (QED) is 0.178. The second kappa shape index (κ2) is 13.1. The number of nitrogens with one attached hydrogen (secondary N) is 2. The summed E-state index contributed by atoms with van der Waals surface area (Å²) in [6.07, 6.45) is -0.920. The molecule has 0 aromatic heterocycles. The maximum absolute atomic E-state index is 13.2. The first-order chi connectivity index (χ1) is 26.9. The molecule has 2 bridgehead atoms. The maximum atomic E-state index is 13.2. The van der Waals surface area contributed by atoms with Crippen LogP contribution in [0.5, 0.6) is 0 Å². The lowest BCUT2D eigenvalue weighted by Crippen LogP contribution is -2.47. The number of hydrogen-bond donors (Lipinski definition) is 2.